The summed E-state index contributed by atoms with van der Waals surface area (Å²) in [7, 11) is 0. The van der Waals surface area contributed by atoms with Crippen molar-refractivity contribution in [2.24, 2.45) is 5.73 Å². The summed E-state index contributed by atoms with van der Waals surface area (Å²) < 4.78 is 16.2. The topological polar surface area (TPSA) is 73.9 Å². The molecule has 0 atom stereocenters. The van der Waals surface area contributed by atoms with Gasteiger partial charge < -0.3 is 25.1 Å². The number of hydrogen-bond acceptors (Lipinski definition) is 5. The monoisotopic (exact) mass is 285 g/mol. The number of benzene rings is 1. The van der Waals surface area contributed by atoms with E-state index >= 15 is 0 Å². The maximum atomic E-state index is 8.57. The number of ether oxygens (including phenoxy) is 3. The summed E-state index contributed by atoms with van der Waals surface area (Å²) in [4.78, 5) is 0.318. The molecule has 0 aliphatic carbocycles. The second-order valence-electron chi connectivity index (χ2n) is 3.64. The van der Waals surface area contributed by atoms with Crippen LogP contribution in [0, 0.1) is 0 Å². The number of thiocarbonyl (C=S) groups is 1. The number of hydrogen-bond donors (Lipinski definition) is 2. The van der Waals surface area contributed by atoms with Crippen LogP contribution in [0.2, 0.25) is 0 Å². The van der Waals surface area contributed by atoms with Crippen LogP contribution in [-0.4, -0.2) is 43.1 Å². The van der Waals surface area contributed by atoms with Crippen LogP contribution < -0.4 is 15.2 Å². The first kappa shape index (κ1) is 15.7. The summed E-state index contributed by atoms with van der Waals surface area (Å²) in [5.74, 6) is 1.23. The Morgan fingerprint density at radius 1 is 1.21 bits per heavy atom. The molecule has 1 rings (SSSR count). The van der Waals surface area contributed by atoms with Crippen molar-refractivity contribution >= 4 is 17.2 Å². The van der Waals surface area contributed by atoms with E-state index in [4.69, 9.17) is 37.3 Å². The molecule has 0 saturated heterocycles. The molecule has 1 aromatic rings. The number of aliphatic hydroxyl groups is 1. The van der Waals surface area contributed by atoms with Gasteiger partial charge in [-0.2, -0.15) is 0 Å². The predicted molar refractivity (Wildman–Crippen MR) is 76.9 cm³/mol. The highest BCUT2D eigenvalue weighted by atomic mass is 32.1. The fraction of sp³-hybridized carbons (Fsp3) is 0.462. The van der Waals surface area contributed by atoms with E-state index in [-0.39, 0.29) is 6.61 Å². The lowest BCUT2D eigenvalue weighted by Gasteiger charge is -2.13. The average molecular weight is 285 g/mol. The molecule has 0 spiro atoms. The highest BCUT2D eigenvalue weighted by Crippen LogP contribution is 2.28. The van der Waals surface area contributed by atoms with Gasteiger partial charge in [0.25, 0.3) is 0 Å². The van der Waals surface area contributed by atoms with Crippen molar-refractivity contribution < 1.29 is 19.3 Å². The number of aliphatic hydroxyl groups excluding tert-OH is 1. The van der Waals surface area contributed by atoms with Gasteiger partial charge in [0.15, 0.2) is 11.5 Å². The average Bonchev–Trinajstić information content (AvgIpc) is 2.40. The molecule has 106 valence electrons. The van der Waals surface area contributed by atoms with Gasteiger partial charge in [0.05, 0.1) is 26.4 Å². The second-order valence-corrected chi connectivity index (χ2v) is 4.08. The largest absolute Gasteiger partial charge is 0.490 e. The zero-order valence-corrected chi connectivity index (χ0v) is 11.7. The van der Waals surface area contributed by atoms with Gasteiger partial charge in [-0.1, -0.05) is 12.2 Å². The lowest BCUT2D eigenvalue weighted by Crippen LogP contribution is -2.12. The van der Waals surface area contributed by atoms with E-state index in [1.807, 2.05) is 6.92 Å². The third-order valence-corrected chi connectivity index (χ3v) is 2.48. The third-order valence-electron chi connectivity index (χ3n) is 2.25. The van der Waals surface area contributed by atoms with Gasteiger partial charge in [-0.05, 0) is 25.1 Å². The van der Waals surface area contributed by atoms with Gasteiger partial charge in [-0.3, -0.25) is 0 Å². The standard InChI is InChI=1S/C13H19NO4S/c1-2-17-12-9-10(13(14)19)3-4-11(12)18-8-7-16-6-5-15/h3-4,9,15H,2,5-8H2,1H3,(H2,14,19). The third kappa shape index (κ3) is 5.42. The van der Waals surface area contributed by atoms with Crippen molar-refractivity contribution in [3.8, 4) is 11.5 Å². The molecular weight excluding hydrogens is 266 g/mol. The smallest absolute Gasteiger partial charge is 0.161 e. The minimum atomic E-state index is 0.00678. The highest BCUT2D eigenvalue weighted by Gasteiger charge is 2.07. The van der Waals surface area contributed by atoms with Crippen LogP contribution in [0.15, 0.2) is 18.2 Å². The summed E-state index contributed by atoms with van der Waals surface area (Å²) >= 11 is 4.92. The van der Waals surface area contributed by atoms with Crippen molar-refractivity contribution in [1.29, 1.82) is 0 Å². The van der Waals surface area contributed by atoms with Crippen molar-refractivity contribution in [2.45, 2.75) is 6.92 Å². The second kappa shape index (κ2) is 8.68. The Balaban J connectivity index is 2.62. The van der Waals surface area contributed by atoms with E-state index < -0.39 is 0 Å². The van der Waals surface area contributed by atoms with Gasteiger partial charge in [-0.25, -0.2) is 0 Å². The molecule has 0 unspecified atom stereocenters. The summed E-state index contributed by atoms with van der Waals surface area (Å²) in [6.45, 7) is 3.52. The molecular formula is C13H19NO4S. The first-order valence-corrected chi connectivity index (χ1v) is 6.48. The molecule has 1 aromatic carbocycles. The van der Waals surface area contributed by atoms with E-state index in [0.717, 1.165) is 5.56 Å². The lowest BCUT2D eigenvalue weighted by molar-refractivity contribution is 0.0697. The van der Waals surface area contributed by atoms with Crippen LogP contribution in [0.5, 0.6) is 11.5 Å². The van der Waals surface area contributed by atoms with E-state index in [1.165, 1.54) is 0 Å². The summed E-state index contributed by atoms with van der Waals surface area (Å²) in [6.07, 6.45) is 0. The van der Waals surface area contributed by atoms with E-state index in [1.54, 1.807) is 18.2 Å². The fourth-order valence-corrected chi connectivity index (χ4v) is 1.55. The Morgan fingerprint density at radius 3 is 2.63 bits per heavy atom. The molecule has 0 bridgehead atoms. The Labute approximate surface area is 118 Å². The summed E-state index contributed by atoms with van der Waals surface area (Å²) in [5, 5.41) is 8.57. The molecule has 0 aliphatic rings. The van der Waals surface area contributed by atoms with Crippen molar-refractivity contribution in [3.05, 3.63) is 23.8 Å². The van der Waals surface area contributed by atoms with Crippen molar-refractivity contribution in [3.63, 3.8) is 0 Å². The molecule has 6 heteroatoms. The van der Waals surface area contributed by atoms with Crippen molar-refractivity contribution in [2.75, 3.05) is 33.0 Å². The van der Waals surface area contributed by atoms with Crippen molar-refractivity contribution in [1.82, 2.24) is 0 Å². The lowest BCUT2D eigenvalue weighted by atomic mass is 10.2. The van der Waals surface area contributed by atoms with Crippen LogP contribution in [0.3, 0.4) is 0 Å². The van der Waals surface area contributed by atoms with Crippen LogP contribution >= 0.6 is 12.2 Å². The first-order valence-electron chi connectivity index (χ1n) is 6.07. The number of rotatable bonds is 9. The summed E-state index contributed by atoms with van der Waals surface area (Å²) in [5.41, 5.74) is 6.31. The Kier molecular flexibility index (Phi) is 7.17. The Morgan fingerprint density at radius 2 is 2.00 bits per heavy atom. The SMILES string of the molecule is CCOc1cc(C(N)=S)ccc1OCCOCCO. The first-order chi connectivity index (χ1) is 9.19. The maximum absolute atomic E-state index is 8.57. The molecule has 0 radical (unpaired) electrons. The van der Waals surface area contributed by atoms with Gasteiger partial charge in [-0.15, -0.1) is 0 Å². The van der Waals surface area contributed by atoms with Gasteiger partial charge >= 0.3 is 0 Å². The van der Waals surface area contributed by atoms with E-state index in [2.05, 4.69) is 0 Å². The van der Waals surface area contributed by atoms with Gasteiger partial charge in [0, 0.05) is 5.56 Å². The molecule has 0 heterocycles. The van der Waals surface area contributed by atoms with Gasteiger partial charge in [0.1, 0.15) is 11.6 Å². The maximum Gasteiger partial charge on any atom is 0.161 e. The normalized spacial score (nSPS) is 10.2. The molecule has 0 amide bonds. The number of nitrogens with two attached hydrogens (primary N) is 1. The predicted octanol–water partition coefficient (Wildman–Crippen LogP) is 1.11. The Hall–Kier alpha value is -1.37. The quantitative estimate of drug-likeness (QED) is 0.523. The van der Waals surface area contributed by atoms with E-state index in [0.29, 0.717) is 42.9 Å². The molecule has 19 heavy (non-hydrogen) atoms. The molecule has 0 saturated carbocycles. The molecule has 0 aliphatic heterocycles. The van der Waals surface area contributed by atoms with Crippen LogP contribution in [0.1, 0.15) is 12.5 Å². The molecule has 0 fully saturated rings. The summed E-state index contributed by atoms with van der Waals surface area (Å²) in [6, 6.07) is 5.32. The minimum Gasteiger partial charge on any atom is -0.490 e. The highest BCUT2D eigenvalue weighted by molar-refractivity contribution is 7.80. The minimum absolute atomic E-state index is 0.00678. The molecule has 3 N–H and O–H groups in total. The van der Waals surface area contributed by atoms with Crippen LogP contribution in [0.4, 0.5) is 0 Å². The zero-order chi connectivity index (χ0) is 14.1. The van der Waals surface area contributed by atoms with E-state index in [9.17, 15) is 0 Å². The van der Waals surface area contributed by atoms with Crippen LogP contribution in [0.25, 0.3) is 0 Å². The molecule has 5 nitrogen and oxygen atoms in total. The molecule has 0 aromatic heterocycles. The fourth-order valence-electron chi connectivity index (χ4n) is 1.43. The van der Waals surface area contributed by atoms with Gasteiger partial charge in [0.2, 0.25) is 0 Å². The van der Waals surface area contributed by atoms with Crippen LogP contribution in [-0.2, 0) is 4.74 Å². The Bertz CT molecular complexity index is 412. The zero-order valence-electron chi connectivity index (χ0n) is 10.9.